The van der Waals surface area contributed by atoms with Crippen molar-refractivity contribution in [3.8, 4) is 5.75 Å². The van der Waals surface area contributed by atoms with E-state index in [9.17, 15) is 4.79 Å². The van der Waals surface area contributed by atoms with E-state index in [1.54, 1.807) is 0 Å². The number of nitrogens with zero attached hydrogens (tertiary/aromatic N) is 1. The molecular weight excluding hydrogens is 254 g/mol. The van der Waals surface area contributed by atoms with Crippen LogP contribution in [0, 0.1) is 12.8 Å². The van der Waals surface area contributed by atoms with E-state index in [2.05, 4.69) is 4.90 Å². The van der Waals surface area contributed by atoms with Crippen LogP contribution in [0.2, 0.25) is 0 Å². The Hall–Kier alpha value is -1.55. The number of likely N-dealkylation sites (tertiary alicyclic amines) is 1. The smallest absolute Gasteiger partial charge is 0.303 e. The molecule has 0 saturated carbocycles. The molecule has 0 unspecified atom stereocenters. The number of carboxylic acid groups (broad SMARTS) is 1. The highest BCUT2D eigenvalue weighted by molar-refractivity contribution is 5.67. The molecule has 0 aliphatic carbocycles. The maximum Gasteiger partial charge on any atom is 0.303 e. The lowest BCUT2D eigenvalue weighted by Crippen LogP contribution is -2.37. The Bertz CT molecular complexity index is 439. The Morgan fingerprint density at radius 1 is 1.35 bits per heavy atom. The van der Waals surface area contributed by atoms with Crippen molar-refractivity contribution in [2.24, 2.45) is 5.92 Å². The van der Waals surface area contributed by atoms with Gasteiger partial charge in [0.15, 0.2) is 0 Å². The minimum absolute atomic E-state index is 0.313. The molecule has 1 N–H and O–H groups in total. The lowest BCUT2D eigenvalue weighted by Gasteiger charge is -2.31. The molecular formula is C16H23NO3. The van der Waals surface area contributed by atoms with E-state index < -0.39 is 5.97 Å². The summed E-state index contributed by atoms with van der Waals surface area (Å²) in [5, 5.41) is 8.79. The molecule has 4 heteroatoms. The number of para-hydroxylation sites is 1. The highest BCUT2D eigenvalue weighted by atomic mass is 16.5. The quantitative estimate of drug-likeness (QED) is 0.868. The van der Waals surface area contributed by atoms with E-state index in [0.29, 0.717) is 18.9 Å². The fraction of sp³-hybridized carbons (Fsp3) is 0.562. The van der Waals surface area contributed by atoms with Crippen LogP contribution in [-0.2, 0) is 4.79 Å². The first kappa shape index (κ1) is 14.9. The molecule has 0 amide bonds. The molecule has 1 aromatic rings. The number of aryl methyl sites for hydroxylation is 1. The number of carbonyl (C=O) groups is 1. The molecule has 1 saturated heterocycles. The molecule has 0 bridgehead atoms. The number of aliphatic carboxylic acids is 1. The minimum atomic E-state index is -0.675. The maximum atomic E-state index is 10.7. The maximum absolute atomic E-state index is 10.7. The number of hydrogen-bond donors (Lipinski definition) is 1. The van der Waals surface area contributed by atoms with Gasteiger partial charge in [-0.1, -0.05) is 18.2 Å². The van der Waals surface area contributed by atoms with Gasteiger partial charge in [0.2, 0.25) is 0 Å². The number of rotatable bonds is 6. The lowest BCUT2D eigenvalue weighted by atomic mass is 9.94. The van der Waals surface area contributed by atoms with Gasteiger partial charge in [0, 0.05) is 13.0 Å². The number of ether oxygens (including phenoxy) is 1. The number of hydrogen-bond acceptors (Lipinski definition) is 3. The van der Waals surface area contributed by atoms with Crippen LogP contribution in [0.1, 0.15) is 24.8 Å². The van der Waals surface area contributed by atoms with Crippen molar-refractivity contribution in [2.75, 3.05) is 26.2 Å². The van der Waals surface area contributed by atoms with E-state index in [-0.39, 0.29) is 0 Å². The predicted molar refractivity (Wildman–Crippen MR) is 78.1 cm³/mol. The molecule has 2 rings (SSSR count). The van der Waals surface area contributed by atoms with Gasteiger partial charge in [-0.15, -0.1) is 0 Å². The summed E-state index contributed by atoms with van der Waals surface area (Å²) in [6.45, 7) is 5.61. The second kappa shape index (κ2) is 7.29. The van der Waals surface area contributed by atoms with Crippen molar-refractivity contribution in [1.82, 2.24) is 4.90 Å². The monoisotopic (exact) mass is 277 g/mol. The van der Waals surface area contributed by atoms with E-state index in [4.69, 9.17) is 9.84 Å². The summed E-state index contributed by atoms with van der Waals surface area (Å²) in [6, 6.07) is 8.04. The highest BCUT2D eigenvalue weighted by Gasteiger charge is 2.20. The molecule has 1 heterocycles. The molecule has 0 spiro atoms. The molecule has 0 atom stereocenters. The number of piperidine rings is 1. The van der Waals surface area contributed by atoms with Crippen LogP contribution in [0.5, 0.6) is 5.75 Å². The van der Waals surface area contributed by atoms with Crippen LogP contribution in [0.3, 0.4) is 0 Å². The second-order valence-electron chi connectivity index (χ2n) is 5.50. The van der Waals surface area contributed by atoms with E-state index in [0.717, 1.165) is 43.8 Å². The summed E-state index contributed by atoms with van der Waals surface area (Å²) in [5.41, 5.74) is 1.16. The Morgan fingerprint density at radius 2 is 2.05 bits per heavy atom. The normalized spacial score (nSPS) is 17.1. The molecule has 4 nitrogen and oxygen atoms in total. The predicted octanol–water partition coefficient (Wildman–Crippen LogP) is 2.56. The summed E-state index contributed by atoms with van der Waals surface area (Å²) >= 11 is 0. The standard InChI is InChI=1S/C16H23NO3/c1-13-4-2-3-5-15(13)20-11-10-17-8-6-14(7-9-17)12-16(18)19/h2-5,14H,6-12H2,1H3,(H,18,19). The molecule has 0 radical (unpaired) electrons. The Balaban J connectivity index is 1.66. The summed E-state index contributed by atoms with van der Waals surface area (Å²) < 4.78 is 5.80. The largest absolute Gasteiger partial charge is 0.492 e. The van der Waals surface area contributed by atoms with Gasteiger partial charge in [-0.25, -0.2) is 0 Å². The molecule has 110 valence electrons. The van der Waals surface area contributed by atoms with Crippen molar-refractivity contribution in [2.45, 2.75) is 26.2 Å². The number of carboxylic acids is 1. The zero-order valence-electron chi connectivity index (χ0n) is 12.0. The van der Waals surface area contributed by atoms with Crippen LogP contribution in [0.25, 0.3) is 0 Å². The second-order valence-corrected chi connectivity index (χ2v) is 5.50. The average molecular weight is 277 g/mol. The Labute approximate surface area is 120 Å². The fourth-order valence-corrected chi connectivity index (χ4v) is 2.66. The fourth-order valence-electron chi connectivity index (χ4n) is 2.66. The van der Waals surface area contributed by atoms with Gasteiger partial charge in [0.25, 0.3) is 0 Å². The lowest BCUT2D eigenvalue weighted by molar-refractivity contribution is -0.138. The zero-order chi connectivity index (χ0) is 14.4. The number of benzene rings is 1. The van der Waals surface area contributed by atoms with Crippen molar-refractivity contribution >= 4 is 5.97 Å². The van der Waals surface area contributed by atoms with E-state index in [1.165, 1.54) is 0 Å². The third kappa shape index (κ3) is 4.53. The molecule has 1 aliphatic heterocycles. The van der Waals surface area contributed by atoms with Gasteiger partial charge in [-0.2, -0.15) is 0 Å². The third-order valence-corrected chi connectivity index (χ3v) is 3.93. The summed E-state index contributed by atoms with van der Waals surface area (Å²) in [4.78, 5) is 13.0. The van der Waals surface area contributed by atoms with Gasteiger partial charge < -0.3 is 9.84 Å². The summed E-state index contributed by atoms with van der Waals surface area (Å²) in [6.07, 6.45) is 2.28. The van der Waals surface area contributed by atoms with Crippen LogP contribution >= 0.6 is 0 Å². The van der Waals surface area contributed by atoms with Gasteiger partial charge in [0.05, 0.1) is 0 Å². The van der Waals surface area contributed by atoms with Crippen LogP contribution in [0.15, 0.2) is 24.3 Å². The molecule has 20 heavy (non-hydrogen) atoms. The van der Waals surface area contributed by atoms with Crippen molar-refractivity contribution in [3.63, 3.8) is 0 Å². The zero-order valence-corrected chi connectivity index (χ0v) is 12.0. The average Bonchev–Trinajstić information content (AvgIpc) is 2.42. The van der Waals surface area contributed by atoms with Gasteiger partial charge >= 0.3 is 5.97 Å². The Morgan fingerprint density at radius 3 is 2.70 bits per heavy atom. The first-order valence-corrected chi connectivity index (χ1v) is 7.27. The van der Waals surface area contributed by atoms with Gasteiger partial charge in [-0.3, -0.25) is 9.69 Å². The van der Waals surface area contributed by atoms with Crippen molar-refractivity contribution < 1.29 is 14.6 Å². The van der Waals surface area contributed by atoms with Gasteiger partial charge in [-0.05, 0) is 50.4 Å². The van der Waals surface area contributed by atoms with E-state index >= 15 is 0 Å². The van der Waals surface area contributed by atoms with E-state index in [1.807, 2.05) is 31.2 Å². The van der Waals surface area contributed by atoms with Crippen LogP contribution < -0.4 is 4.74 Å². The molecule has 1 aromatic carbocycles. The Kier molecular flexibility index (Phi) is 5.41. The molecule has 0 aromatic heterocycles. The summed E-state index contributed by atoms with van der Waals surface area (Å²) in [5.74, 6) is 0.626. The third-order valence-electron chi connectivity index (χ3n) is 3.93. The minimum Gasteiger partial charge on any atom is -0.492 e. The topological polar surface area (TPSA) is 49.8 Å². The SMILES string of the molecule is Cc1ccccc1OCCN1CCC(CC(=O)O)CC1. The van der Waals surface area contributed by atoms with Gasteiger partial charge in [0.1, 0.15) is 12.4 Å². The first-order chi connectivity index (χ1) is 9.65. The summed E-state index contributed by atoms with van der Waals surface area (Å²) in [7, 11) is 0. The van der Waals surface area contributed by atoms with Crippen molar-refractivity contribution in [1.29, 1.82) is 0 Å². The van der Waals surface area contributed by atoms with Crippen LogP contribution in [0.4, 0.5) is 0 Å². The molecule has 1 fully saturated rings. The van der Waals surface area contributed by atoms with Crippen LogP contribution in [-0.4, -0.2) is 42.2 Å². The first-order valence-electron chi connectivity index (χ1n) is 7.27. The molecule has 1 aliphatic rings. The van der Waals surface area contributed by atoms with Crippen molar-refractivity contribution in [3.05, 3.63) is 29.8 Å². The highest BCUT2D eigenvalue weighted by Crippen LogP contribution is 2.20.